The number of aromatic amines is 1. The van der Waals surface area contributed by atoms with Gasteiger partial charge in [-0.25, -0.2) is 5.10 Å². The van der Waals surface area contributed by atoms with Gasteiger partial charge < -0.3 is 15.2 Å². The van der Waals surface area contributed by atoms with Gasteiger partial charge in [0.25, 0.3) is 11.5 Å². The number of rotatable bonds is 3. The minimum atomic E-state index is -1.04. The topological polar surface area (TPSA) is 104 Å². The van der Waals surface area contributed by atoms with Crippen molar-refractivity contribution in [3.63, 3.8) is 0 Å². The highest BCUT2D eigenvalue weighted by Crippen LogP contribution is 2.24. The van der Waals surface area contributed by atoms with E-state index in [0.29, 0.717) is 13.0 Å². The van der Waals surface area contributed by atoms with Gasteiger partial charge in [0, 0.05) is 25.6 Å². The molecule has 0 aliphatic carbocycles. The Morgan fingerprint density at radius 3 is 3.06 bits per heavy atom. The van der Waals surface area contributed by atoms with Crippen LogP contribution in [0.1, 0.15) is 23.8 Å². The minimum Gasteiger partial charge on any atom is -0.385 e. The van der Waals surface area contributed by atoms with Crippen LogP contribution < -0.4 is 10.9 Å². The fourth-order valence-corrected chi connectivity index (χ4v) is 1.80. The number of hydrogen-bond acceptors (Lipinski definition) is 5. The van der Waals surface area contributed by atoms with E-state index in [1.165, 1.54) is 12.1 Å². The Kier molecular flexibility index (Phi) is 3.44. The maximum absolute atomic E-state index is 11.7. The van der Waals surface area contributed by atoms with Crippen LogP contribution in [0, 0.1) is 0 Å². The number of nitrogens with zero attached hydrogens (tertiary/aromatic N) is 1. The summed E-state index contributed by atoms with van der Waals surface area (Å²) in [5, 5.41) is 18.5. The third kappa shape index (κ3) is 2.57. The summed E-state index contributed by atoms with van der Waals surface area (Å²) < 4.78 is 5.26. The van der Waals surface area contributed by atoms with Crippen molar-refractivity contribution in [1.29, 1.82) is 0 Å². The molecule has 0 radical (unpaired) electrons. The smallest absolute Gasteiger partial charge is 0.271 e. The third-order valence-electron chi connectivity index (χ3n) is 3.13. The second-order valence-electron chi connectivity index (χ2n) is 4.36. The number of amides is 1. The molecule has 0 saturated carbocycles. The molecular formula is C11H15N3O4. The van der Waals surface area contributed by atoms with Crippen molar-refractivity contribution in [2.75, 3.05) is 13.2 Å². The summed E-state index contributed by atoms with van der Waals surface area (Å²) >= 11 is 0. The van der Waals surface area contributed by atoms with Crippen molar-refractivity contribution in [3.8, 4) is 0 Å². The van der Waals surface area contributed by atoms with E-state index < -0.39 is 11.5 Å². The average Bonchev–Trinajstić information content (AvgIpc) is 2.68. The first-order chi connectivity index (χ1) is 8.51. The van der Waals surface area contributed by atoms with Crippen LogP contribution in [-0.2, 0) is 4.74 Å². The number of hydrogen-bond donors (Lipinski definition) is 3. The van der Waals surface area contributed by atoms with Crippen LogP contribution in [0.25, 0.3) is 0 Å². The van der Waals surface area contributed by atoms with Crippen LogP contribution in [0.15, 0.2) is 16.9 Å². The van der Waals surface area contributed by atoms with Crippen molar-refractivity contribution < 1.29 is 14.6 Å². The molecule has 3 N–H and O–H groups in total. The van der Waals surface area contributed by atoms with Gasteiger partial charge in [-0.2, -0.15) is 5.10 Å². The highest BCUT2D eigenvalue weighted by atomic mass is 16.5. The predicted octanol–water partition coefficient (Wildman–Crippen LogP) is -0.960. The number of aromatic nitrogens is 2. The molecule has 0 bridgehead atoms. The fourth-order valence-electron chi connectivity index (χ4n) is 1.80. The highest BCUT2D eigenvalue weighted by Gasteiger charge is 2.39. The molecule has 1 saturated heterocycles. The Hall–Kier alpha value is -1.73. The maximum Gasteiger partial charge on any atom is 0.271 e. The molecule has 18 heavy (non-hydrogen) atoms. The van der Waals surface area contributed by atoms with Crippen molar-refractivity contribution in [1.82, 2.24) is 15.5 Å². The van der Waals surface area contributed by atoms with Crippen LogP contribution in [-0.4, -0.2) is 46.1 Å². The molecule has 2 unspecified atom stereocenters. The molecule has 2 atom stereocenters. The van der Waals surface area contributed by atoms with E-state index in [4.69, 9.17) is 4.74 Å². The van der Waals surface area contributed by atoms with Crippen molar-refractivity contribution in [2.24, 2.45) is 0 Å². The van der Waals surface area contributed by atoms with Gasteiger partial charge in [0.05, 0.1) is 6.10 Å². The number of H-pyrrole nitrogens is 1. The molecule has 0 aromatic carbocycles. The van der Waals surface area contributed by atoms with Crippen LogP contribution in [0.3, 0.4) is 0 Å². The first kappa shape index (κ1) is 12.7. The Labute approximate surface area is 103 Å². The Bertz CT molecular complexity index is 481. The average molecular weight is 253 g/mol. The first-order valence-electron chi connectivity index (χ1n) is 5.69. The Morgan fingerprint density at radius 1 is 1.72 bits per heavy atom. The van der Waals surface area contributed by atoms with E-state index in [1.54, 1.807) is 6.92 Å². The minimum absolute atomic E-state index is 0.0911. The van der Waals surface area contributed by atoms with Crippen LogP contribution in [0.2, 0.25) is 0 Å². The van der Waals surface area contributed by atoms with Crippen LogP contribution in [0.5, 0.6) is 0 Å². The van der Waals surface area contributed by atoms with Gasteiger partial charge in [-0.1, -0.05) is 0 Å². The molecule has 1 aromatic heterocycles. The summed E-state index contributed by atoms with van der Waals surface area (Å²) in [5.74, 6) is -0.446. The van der Waals surface area contributed by atoms with E-state index in [1.807, 2.05) is 0 Å². The summed E-state index contributed by atoms with van der Waals surface area (Å²) in [6, 6.07) is 2.55. The summed E-state index contributed by atoms with van der Waals surface area (Å²) in [6.45, 7) is 2.33. The van der Waals surface area contributed by atoms with Gasteiger partial charge in [0.2, 0.25) is 0 Å². The zero-order valence-corrected chi connectivity index (χ0v) is 9.97. The van der Waals surface area contributed by atoms with Gasteiger partial charge in [0.15, 0.2) is 0 Å². The molecule has 1 amide bonds. The lowest BCUT2D eigenvalue weighted by Gasteiger charge is -2.25. The number of nitrogens with one attached hydrogen (secondary N) is 2. The Balaban J connectivity index is 1.96. The highest BCUT2D eigenvalue weighted by molar-refractivity contribution is 5.92. The number of carbonyl (C=O) groups is 1. The molecule has 1 aromatic rings. The monoisotopic (exact) mass is 253 g/mol. The zero-order valence-electron chi connectivity index (χ0n) is 9.97. The van der Waals surface area contributed by atoms with E-state index in [0.717, 1.165) is 0 Å². The van der Waals surface area contributed by atoms with Crippen molar-refractivity contribution >= 4 is 5.91 Å². The molecule has 2 heterocycles. The van der Waals surface area contributed by atoms with E-state index >= 15 is 0 Å². The Morgan fingerprint density at radius 2 is 2.50 bits per heavy atom. The van der Waals surface area contributed by atoms with E-state index in [2.05, 4.69) is 15.5 Å². The molecular weight excluding hydrogens is 238 g/mol. The second-order valence-corrected chi connectivity index (χ2v) is 4.36. The quantitative estimate of drug-likeness (QED) is 0.643. The third-order valence-corrected chi connectivity index (χ3v) is 3.13. The molecule has 1 aliphatic heterocycles. The summed E-state index contributed by atoms with van der Waals surface area (Å²) in [5.41, 5.74) is -1.31. The number of aliphatic hydroxyl groups is 1. The predicted molar refractivity (Wildman–Crippen MR) is 62.2 cm³/mol. The lowest BCUT2D eigenvalue weighted by Crippen LogP contribution is -2.47. The normalized spacial score (nSPS) is 27.1. The number of carbonyl (C=O) groups excluding carboxylic acids is 1. The van der Waals surface area contributed by atoms with Crippen LogP contribution in [0.4, 0.5) is 0 Å². The van der Waals surface area contributed by atoms with Gasteiger partial charge in [0.1, 0.15) is 11.3 Å². The zero-order chi connectivity index (χ0) is 13.2. The first-order valence-corrected chi connectivity index (χ1v) is 5.69. The fraction of sp³-hybridized carbons (Fsp3) is 0.545. The molecule has 1 aliphatic rings. The molecule has 98 valence electrons. The molecule has 7 nitrogen and oxygen atoms in total. The van der Waals surface area contributed by atoms with Gasteiger partial charge in [-0.15, -0.1) is 0 Å². The van der Waals surface area contributed by atoms with E-state index in [9.17, 15) is 14.7 Å². The molecule has 2 rings (SSSR count). The standard InChI is InChI=1S/C11H15N3O4/c1-7-11(17,4-5-18-7)6-12-10(16)8-2-3-9(15)14-13-8/h2-3,7,17H,4-6H2,1H3,(H,12,16)(H,14,15). The van der Waals surface area contributed by atoms with Gasteiger partial charge in [-0.05, 0) is 13.0 Å². The van der Waals surface area contributed by atoms with Gasteiger partial charge in [-0.3, -0.25) is 9.59 Å². The SMILES string of the molecule is CC1OCCC1(O)CNC(=O)c1ccc(=O)[nH]n1. The lowest BCUT2D eigenvalue weighted by molar-refractivity contribution is -0.0252. The van der Waals surface area contributed by atoms with E-state index in [-0.39, 0.29) is 23.9 Å². The maximum atomic E-state index is 11.7. The molecule has 0 spiro atoms. The second kappa shape index (κ2) is 4.87. The molecule has 1 fully saturated rings. The summed E-state index contributed by atoms with van der Waals surface area (Å²) in [6.07, 6.45) is 0.161. The largest absolute Gasteiger partial charge is 0.385 e. The summed E-state index contributed by atoms with van der Waals surface area (Å²) in [7, 11) is 0. The summed E-state index contributed by atoms with van der Waals surface area (Å²) in [4.78, 5) is 22.5. The van der Waals surface area contributed by atoms with Crippen LogP contribution >= 0.6 is 0 Å². The van der Waals surface area contributed by atoms with Gasteiger partial charge >= 0.3 is 0 Å². The van der Waals surface area contributed by atoms with Crippen molar-refractivity contribution in [2.45, 2.75) is 25.0 Å². The lowest BCUT2D eigenvalue weighted by atomic mass is 9.97. The number of ether oxygens (including phenoxy) is 1. The molecule has 7 heteroatoms. The van der Waals surface area contributed by atoms with Crippen molar-refractivity contribution in [3.05, 3.63) is 28.2 Å².